The van der Waals surface area contributed by atoms with Gasteiger partial charge in [0.15, 0.2) is 0 Å². The number of carbonyl (C=O) groups is 1. The molecule has 1 rings (SSSR count). The van der Waals surface area contributed by atoms with Crippen LogP contribution in [0.4, 0.5) is 0 Å². The molecule has 0 radical (unpaired) electrons. The second kappa shape index (κ2) is 4.94. The molecule has 1 unspecified atom stereocenters. The summed E-state index contributed by atoms with van der Waals surface area (Å²) in [5.41, 5.74) is 0.975. The molecule has 76 valence electrons. The summed E-state index contributed by atoms with van der Waals surface area (Å²) < 4.78 is 1.01. The predicted octanol–water partition coefficient (Wildman–Crippen LogP) is 3.95. The van der Waals surface area contributed by atoms with Crippen molar-refractivity contribution in [3.63, 3.8) is 0 Å². The molecule has 0 spiro atoms. The average molecular weight is 276 g/mol. The van der Waals surface area contributed by atoms with Crippen LogP contribution < -0.4 is 0 Å². The third kappa shape index (κ3) is 2.82. The summed E-state index contributed by atoms with van der Waals surface area (Å²) in [7, 11) is 0. The fraction of sp³-hybridized carbons (Fsp3) is 0.364. The van der Waals surface area contributed by atoms with Gasteiger partial charge in [0, 0.05) is 4.47 Å². The van der Waals surface area contributed by atoms with Gasteiger partial charge >= 0.3 is 0 Å². The number of rotatable bonds is 3. The van der Waals surface area contributed by atoms with Gasteiger partial charge in [-0.15, -0.1) is 0 Å². The van der Waals surface area contributed by atoms with E-state index in [1.165, 1.54) is 0 Å². The third-order valence-corrected chi connectivity index (χ3v) is 2.90. The fourth-order valence-corrected chi connectivity index (χ4v) is 2.09. The largest absolute Gasteiger partial charge is 0.281 e. The highest BCUT2D eigenvalue weighted by Gasteiger charge is 2.21. The summed E-state index contributed by atoms with van der Waals surface area (Å²) in [4.78, 5) is 11.2. The molecule has 0 bridgehead atoms. The van der Waals surface area contributed by atoms with E-state index in [1.807, 2.05) is 38.1 Å². The lowest BCUT2D eigenvalue weighted by Gasteiger charge is -2.16. The molecule has 0 aliphatic rings. The maximum absolute atomic E-state index is 11.2. The zero-order valence-electron chi connectivity index (χ0n) is 8.13. The summed E-state index contributed by atoms with van der Waals surface area (Å²) in [6.45, 7) is 3.99. The SMILES string of the molecule is CC(C)C(C(=O)Cl)c1ccc(Br)cc1. The quantitative estimate of drug-likeness (QED) is 0.763. The Labute approximate surface area is 97.6 Å². The summed E-state index contributed by atoms with van der Waals surface area (Å²) in [6.07, 6.45) is 0. The second-order valence-electron chi connectivity index (χ2n) is 3.58. The molecule has 0 heterocycles. The number of halogens is 2. The van der Waals surface area contributed by atoms with Gasteiger partial charge in [0.25, 0.3) is 0 Å². The summed E-state index contributed by atoms with van der Waals surface area (Å²) >= 11 is 8.91. The Bertz CT molecular complexity index is 319. The molecule has 1 aromatic rings. The van der Waals surface area contributed by atoms with Crippen LogP contribution >= 0.6 is 27.5 Å². The molecule has 1 atom stereocenters. The first-order chi connectivity index (χ1) is 6.52. The van der Waals surface area contributed by atoms with Crippen LogP contribution in [0.15, 0.2) is 28.7 Å². The molecule has 1 nitrogen and oxygen atoms in total. The van der Waals surface area contributed by atoms with Crippen molar-refractivity contribution in [2.75, 3.05) is 0 Å². The van der Waals surface area contributed by atoms with Gasteiger partial charge in [-0.3, -0.25) is 4.79 Å². The van der Waals surface area contributed by atoms with E-state index < -0.39 is 0 Å². The second-order valence-corrected chi connectivity index (χ2v) is 4.87. The van der Waals surface area contributed by atoms with Gasteiger partial charge in [-0.05, 0) is 35.2 Å². The smallest absolute Gasteiger partial charge is 0.229 e. The van der Waals surface area contributed by atoms with Crippen molar-refractivity contribution in [3.8, 4) is 0 Å². The van der Waals surface area contributed by atoms with Crippen molar-refractivity contribution in [3.05, 3.63) is 34.3 Å². The van der Waals surface area contributed by atoms with Crippen molar-refractivity contribution in [2.24, 2.45) is 5.92 Å². The zero-order chi connectivity index (χ0) is 10.7. The van der Waals surface area contributed by atoms with Gasteiger partial charge < -0.3 is 0 Å². The number of hydrogen-bond acceptors (Lipinski definition) is 1. The van der Waals surface area contributed by atoms with E-state index in [4.69, 9.17) is 11.6 Å². The molecule has 0 saturated carbocycles. The summed E-state index contributed by atoms with van der Waals surface area (Å²) in [6, 6.07) is 7.69. The monoisotopic (exact) mass is 274 g/mol. The first kappa shape index (κ1) is 11.7. The van der Waals surface area contributed by atoms with Crippen LogP contribution in [-0.2, 0) is 4.79 Å². The lowest BCUT2D eigenvalue weighted by atomic mass is 9.90. The molecule has 0 fully saturated rings. The lowest BCUT2D eigenvalue weighted by molar-refractivity contribution is -0.113. The minimum Gasteiger partial charge on any atom is -0.281 e. The van der Waals surface area contributed by atoms with E-state index in [1.54, 1.807) is 0 Å². The molecule has 1 aromatic carbocycles. The standard InChI is InChI=1S/C11H12BrClO/c1-7(2)10(11(13)14)8-3-5-9(12)6-4-8/h3-7,10H,1-2H3. The van der Waals surface area contributed by atoms with E-state index in [-0.39, 0.29) is 17.1 Å². The normalized spacial score (nSPS) is 12.9. The van der Waals surface area contributed by atoms with E-state index in [9.17, 15) is 4.79 Å². The van der Waals surface area contributed by atoms with Gasteiger partial charge in [-0.1, -0.05) is 41.9 Å². The van der Waals surface area contributed by atoms with Crippen LogP contribution in [0.5, 0.6) is 0 Å². The Hall–Kier alpha value is -0.340. The maximum atomic E-state index is 11.2. The molecular weight excluding hydrogens is 263 g/mol. The highest BCUT2D eigenvalue weighted by Crippen LogP contribution is 2.27. The fourth-order valence-electron chi connectivity index (χ4n) is 1.45. The van der Waals surface area contributed by atoms with Crippen LogP contribution in [-0.4, -0.2) is 5.24 Å². The Kier molecular flexibility index (Phi) is 4.14. The molecule has 0 aliphatic carbocycles. The summed E-state index contributed by atoms with van der Waals surface area (Å²) in [5, 5.41) is -0.290. The van der Waals surface area contributed by atoms with E-state index >= 15 is 0 Å². The molecule has 0 aliphatic heterocycles. The molecular formula is C11H12BrClO. The Morgan fingerprint density at radius 3 is 2.14 bits per heavy atom. The van der Waals surface area contributed by atoms with Crippen LogP contribution in [0, 0.1) is 5.92 Å². The van der Waals surface area contributed by atoms with Gasteiger partial charge in [-0.25, -0.2) is 0 Å². The number of carbonyl (C=O) groups excluding carboxylic acids is 1. The Morgan fingerprint density at radius 1 is 1.29 bits per heavy atom. The van der Waals surface area contributed by atoms with E-state index in [0.29, 0.717) is 0 Å². The molecule has 14 heavy (non-hydrogen) atoms. The number of hydrogen-bond donors (Lipinski definition) is 0. The minimum atomic E-state index is -0.290. The van der Waals surface area contributed by atoms with Crippen LogP contribution in [0.3, 0.4) is 0 Å². The van der Waals surface area contributed by atoms with Gasteiger partial charge in [0.05, 0.1) is 5.92 Å². The topological polar surface area (TPSA) is 17.1 Å². The highest BCUT2D eigenvalue weighted by molar-refractivity contribution is 9.10. The Morgan fingerprint density at radius 2 is 1.79 bits per heavy atom. The Balaban J connectivity index is 3.00. The van der Waals surface area contributed by atoms with Crippen LogP contribution in [0.25, 0.3) is 0 Å². The maximum Gasteiger partial charge on any atom is 0.229 e. The molecule has 0 N–H and O–H groups in total. The predicted molar refractivity (Wildman–Crippen MR) is 62.6 cm³/mol. The molecule has 0 amide bonds. The van der Waals surface area contributed by atoms with Crippen molar-refractivity contribution in [1.82, 2.24) is 0 Å². The van der Waals surface area contributed by atoms with Gasteiger partial charge in [0.2, 0.25) is 5.24 Å². The molecule has 0 aromatic heterocycles. The third-order valence-electron chi connectivity index (χ3n) is 2.14. The van der Waals surface area contributed by atoms with Crippen molar-refractivity contribution < 1.29 is 4.79 Å². The van der Waals surface area contributed by atoms with Crippen molar-refractivity contribution >= 4 is 32.8 Å². The van der Waals surface area contributed by atoms with E-state index in [0.717, 1.165) is 10.0 Å². The van der Waals surface area contributed by atoms with E-state index in [2.05, 4.69) is 15.9 Å². The first-order valence-electron chi connectivity index (χ1n) is 4.47. The van der Waals surface area contributed by atoms with Crippen molar-refractivity contribution in [1.29, 1.82) is 0 Å². The van der Waals surface area contributed by atoms with Gasteiger partial charge in [0.1, 0.15) is 0 Å². The minimum absolute atomic E-state index is 0.204. The molecule has 3 heteroatoms. The first-order valence-corrected chi connectivity index (χ1v) is 5.64. The van der Waals surface area contributed by atoms with Gasteiger partial charge in [-0.2, -0.15) is 0 Å². The highest BCUT2D eigenvalue weighted by atomic mass is 79.9. The van der Waals surface area contributed by atoms with Crippen LogP contribution in [0.2, 0.25) is 0 Å². The zero-order valence-corrected chi connectivity index (χ0v) is 10.5. The van der Waals surface area contributed by atoms with Crippen molar-refractivity contribution in [2.45, 2.75) is 19.8 Å². The lowest BCUT2D eigenvalue weighted by Crippen LogP contribution is -2.13. The average Bonchev–Trinajstić information content (AvgIpc) is 2.07. The molecule has 0 saturated heterocycles. The summed E-state index contributed by atoms with van der Waals surface area (Å²) in [5.74, 6) is 0.0194. The number of benzene rings is 1. The van der Waals surface area contributed by atoms with Crippen LogP contribution in [0.1, 0.15) is 25.3 Å².